The van der Waals surface area contributed by atoms with Gasteiger partial charge in [-0.25, -0.2) is 14.7 Å². The van der Waals surface area contributed by atoms with Crippen LogP contribution in [-0.4, -0.2) is 35.8 Å². The first-order chi connectivity index (χ1) is 19.3. The Labute approximate surface area is 242 Å². The van der Waals surface area contributed by atoms with E-state index in [2.05, 4.69) is 15.6 Å². The highest BCUT2D eigenvalue weighted by molar-refractivity contribution is 7.14. The van der Waals surface area contributed by atoms with Crippen LogP contribution in [0.5, 0.6) is 0 Å². The van der Waals surface area contributed by atoms with Crippen LogP contribution in [0.3, 0.4) is 0 Å². The fourth-order valence-corrected chi connectivity index (χ4v) is 4.94. The monoisotopic (exact) mass is 592 g/mol. The normalized spacial score (nSPS) is 13.0. The number of imide groups is 1. The number of thiazole rings is 1. The number of nitrogens with zero attached hydrogens (tertiary/aromatic N) is 2. The first-order valence-electron chi connectivity index (χ1n) is 11.6. The number of halogens is 2. The van der Waals surface area contributed by atoms with E-state index >= 15 is 0 Å². The predicted molar refractivity (Wildman–Crippen MR) is 154 cm³/mol. The summed E-state index contributed by atoms with van der Waals surface area (Å²) in [5.74, 6) is -2.61. The lowest BCUT2D eigenvalue weighted by Crippen LogP contribution is -2.33. The predicted octanol–water partition coefficient (Wildman–Crippen LogP) is 5.94. The Bertz CT molecular complexity index is 1680. The van der Waals surface area contributed by atoms with Crippen LogP contribution in [-0.2, 0) is 14.3 Å². The minimum atomic E-state index is -0.789. The Morgan fingerprint density at radius 3 is 2.33 bits per heavy atom. The van der Waals surface area contributed by atoms with E-state index in [4.69, 9.17) is 27.9 Å². The Morgan fingerprint density at radius 2 is 1.62 bits per heavy atom. The van der Waals surface area contributed by atoms with Crippen molar-refractivity contribution in [3.05, 3.63) is 105 Å². The number of amides is 3. The summed E-state index contributed by atoms with van der Waals surface area (Å²) in [6, 6.07) is 19.5. The Kier molecular flexibility index (Phi) is 7.65. The minimum absolute atomic E-state index is 0.0355. The first-order valence-corrected chi connectivity index (χ1v) is 13.3. The molecule has 12 heteroatoms. The highest BCUT2D eigenvalue weighted by Crippen LogP contribution is 2.32. The number of hydrogen-bond donors (Lipinski definition) is 2. The SMILES string of the molecule is COC(=O)c1ccccc1N1C(=O)C(Cl)=C(Nc2ccc(C(=O)Nc3nc(-c4ccc(Cl)cc4)cs3)cc2)C1=O. The molecule has 40 heavy (non-hydrogen) atoms. The van der Waals surface area contributed by atoms with E-state index in [0.717, 1.165) is 10.5 Å². The van der Waals surface area contributed by atoms with Crippen molar-refractivity contribution in [2.75, 3.05) is 22.6 Å². The number of methoxy groups -OCH3 is 1. The summed E-state index contributed by atoms with van der Waals surface area (Å²) in [5.41, 5.74) is 2.25. The molecule has 1 aromatic heterocycles. The molecule has 2 N–H and O–H groups in total. The smallest absolute Gasteiger partial charge is 0.339 e. The summed E-state index contributed by atoms with van der Waals surface area (Å²) in [6.45, 7) is 0. The standard InChI is InChI=1S/C28H18Cl2N4O5S/c1-39-27(38)19-4-2-3-5-21(19)34-25(36)22(30)23(26(34)37)31-18-12-8-16(9-13-18)24(35)33-28-32-20(14-40-28)15-6-10-17(29)11-7-15/h2-14,31H,1H3,(H,32,33,35). The fourth-order valence-electron chi connectivity index (χ4n) is 3.88. The van der Waals surface area contributed by atoms with Gasteiger partial charge in [-0.05, 0) is 48.5 Å². The molecule has 1 aliphatic rings. The zero-order chi connectivity index (χ0) is 28.4. The quantitative estimate of drug-likeness (QED) is 0.201. The zero-order valence-electron chi connectivity index (χ0n) is 20.6. The van der Waals surface area contributed by atoms with Crippen LogP contribution in [0, 0.1) is 0 Å². The van der Waals surface area contributed by atoms with Crippen molar-refractivity contribution in [2.24, 2.45) is 0 Å². The van der Waals surface area contributed by atoms with Gasteiger partial charge in [0.2, 0.25) is 0 Å². The van der Waals surface area contributed by atoms with Gasteiger partial charge >= 0.3 is 5.97 Å². The molecular weight excluding hydrogens is 575 g/mol. The van der Waals surface area contributed by atoms with Crippen molar-refractivity contribution in [1.82, 2.24) is 4.98 Å². The number of nitrogens with one attached hydrogen (secondary N) is 2. The molecule has 3 aromatic carbocycles. The largest absolute Gasteiger partial charge is 0.465 e. The molecule has 0 spiro atoms. The van der Waals surface area contributed by atoms with Gasteiger partial charge in [-0.3, -0.25) is 19.7 Å². The summed E-state index contributed by atoms with van der Waals surface area (Å²) in [6.07, 6.45) is 0. The number of rotatable bonds is 7. The molecule has 2 heterocycles. The number of esters is 1. The summed E-state index contributed by atoms with van der Waals surface area (Å²) in [4.78, 5) is 56.2. The maximum absolute atomic E-state index is 13.2. The topological polar surface area (TPSA) is 118 Å². The molecule has 9 nitrogen and oxygen atoms in total. The number of aromatic nitrogens is 1. The number of hydrogen-bond acceptors (Lipinski definition) is 8. The second kappa shape index (κ2) is 11.3. The van der Waals surface area contributed by atoms with Crippen LogP contribution in [0.4, 0.5) is 16.5 Å². The summed E-state index contributed by atoms with van der Waals surface area (Å²) in [7, 11) is 1.20. The molecule has 0 saturated heterocycles. The molecular formula is C28H18Cl2N4O5S. The van der Waals surface area contributed by atoms with Crippen LogP contribution in [0.15, 0.2) is 88.9 Å². The van der Waals surface area contributed by atoms with Gasteiger partial charge in [0.05, 0.1) is 24.1 Å². The Balaban J connectivity index is 1.28. The summed E-state index contributed by atoms with van der Waals surface area (Å²) < 4.78 is 4.76. The minimum Gasteiger partial charge on any atom is -0.465 e. The van der Waals surface area contributed by atoms with E-state index in [0.29, 0.717) is 27.1 Å². The van der Waals surface area contributed by atoms with Gasteiger partial charge in [0.25, 0.3) is 17.7 Å². The highest BCUT2D eigenvalue weighted by Gasteiger charge is 2.40. The van der Waals surface area contributed by atoms with Crippen LogP contribution in [0.25, 0.3) is 11.3 Å². The van der Waals surface area contributed by atoms with E-state index in [1.165, 1.54) is 30.6 Å². The fraction of sp³-hybridized carbons (Fsp3) is 0.0357. The van der Waals surface area contributed by atoms with E-state index in [9.17, 15) is 19.2 Å². The van der Waals surface area contributed by atoms with Gasteiger partial charge in [-0.15, -0.1) is 11.3 Å². The Morgan fingerprint density at radius 1 is 0.925 bits per heavy atom. The molecule has 0 aliphatic carbocycles. The molecule has 0 atom stereocenters. The molecule has 1 aliphatic heterocycles. The number of para-hydroxylation sites is 1. The second-order valence-corrected chi connectivity index (χ2v) is 10.0. The van der Waals surface area contributed by atoms with Crippen molar-refractivity contribution < 1.29 is 23.9 Å². The number of ether oxygens (including phenoxy) is 1. The first kappa shape index (κ1) is 27.1. The summed E-state index contributed by atoms with van der Waals surface area (Å²) >= 11 is 13.4. The van der Waals surface area contributed by atoms with Crippen LogP contribution in [0.1, 0.15) is 20.7 Å². The highest BCUT2D eigenvalue weighted by atomic mass is 35.5. The molecule has 3 amide bonds. The van der Waals surface area contributed by atoms with Crippen molar-refractivity contribution in [2.45, 2.75) is 0 Å². The van der Waals surface area contributed by atoms with Crippen molar-refractivity contribution in [3.63, 3.8) is 0 Å². The lowest BCUT2D eigenvalue weighted by Gasteiger charge is -2.17. The van der Waals surface area contributed by atoms with Crippen LogP contribution < -0.4 is 15.5 Å². The molecule has 0 unspecified atom stereocenters. The number of carbonyl (C=O) groups excluding carboxylic acids is 4. The van der Waals surface area contributed by atoms with Gasteiger partial charge in [0.15, 0.2) is 5.13 Å². The van der Waals surface area contributed by atoms with Gasteiger partial charge in [0.1, 0.15) is 10.7 Å². The van der Waals surface area contributed by atoms with Crippen molar-refractivity contribution >= 4 is 74.7 Å². The van der Waals surface area contributed by atoms with Gasteiger partial charge in [-0.2, -0.15) is 0 Å². The van der Waals surface area contributed by atoms with Crippen molar-refractivity contribution in [1.29, 1.82) is 0 Å². The van der Waals surface area contributed by atoms with Crippen LogP contribution >= 0.6 is 34.5 Å². The third-order valence-electron chi connectivity index (χ3n) is 5.86. The van der Waals surface area contributed by atoms with E-state index in [1.54, 1.807) is 48.5 Å². The maximum atomic E-state index is 13.2. The molecule has 0 fully saturated rings. The van der Waals surface area contributed by atoms with E-state index in [-0.39, 0.29) is 27.9 Å². The van der Waals surface area contributed by atoms with Crippen LogP contribution in [0.2, 0.25) is 5.02 Å². The molecule has 0 saturated carbocycles. The average molecular weight is 593 g/mol. The molecule has 4 aromatic rings. The van der Waals surface area contributed by atoms with Gasteiger partial charge in [-0.1, -0.05) is 47.5 Å². The van der Waals surface area contributed by atoms with E-state index < -0.39 is 17.8 Å². The van der Waals surface area contributed by atoms with Gasteiger partial charge < -0.3 is 10.1 Å². The third-order valence-corrected chi connectivity index (χ3v) is 7.22. The number of anilines is 3. The Hall–Kier alpha value is -4.51. The second-order valence-electron chi connectivity index (χ2n) is 8.34. The average Bonchev–Trinajstić information content (AvgIpc) is 3.51. The molecule has 0 bridgehead atoms. The zero-order valence-corrected chi connectivity index (χ0v) is 22.9. The lowest BCUT2D eigenvalue weighted by atomic mass is 10.1. The maximum Gasteiger partial charge on any atom is 0.339 e. The third kappa shape index (κ3) is 5.32. The van der Waals surface area contributed by atoms with Crippen molar-refractivity contribution in [3.8, 4) is 11.3 Å². The summed E-state index contributed by atoms with van der Waals surface area (Å²) in [5, 5.41) is 8.14. The lowest BCUT2D eigenvalue weighted by molar-refractivity contribution is -0.120. The van der Waals surface area contributed by atoms with Gasteiger partial charge in [0, 0.05) is 27.2 Å². The number of benzene rings is 3. The van der Waals surface area contributed by atoms with E-state index in [1.807, 2.05) is 17.5 Å². The molecule has 200 valence electrons. The molecule has 0 radical (unpaired) electrons. The molecule has 5 rings (SSSR count). The number of carbonyl (C=O) groups is 4.